The van der Waals surface area contributed by atoms with E-state index in [0.29, 0.717) is 39.3 Å². The molecule has 1 unspecified atom stereocenters. The average Bonchev–Trinajstić information content (AvgIpc) is 3.02. The second-order valence-corrected chi connectivity index (χ2v) is 8.72. The van der Waals surface area contributed by atoms with Crippen LogP contribution in [-0.4, -0.2) is 57.8 Å². The van der Waals surface area contributed by atoms with Crippen LogP contribution in [0.2, 0.25) is 0 Å². The lowest BCUT2D eigenvalue weighted by Gasteiger charge is -2.25. The zero-order chi connectivity index (χ0) is 23.2. The molecule has 0 radical (unpaired) electrons. The number of hydrogen-bond acceptors (Lipinski definition) is 4. The van der Waals surface area contributed by atoms with Crippen molar-refractivity contribution in [3.8, 4) is 0 Å². The highest BCUT2D eigenvalue weighted by Gasteiger charge is 2.29. The number of ether oxygens (including phenoxy) is 1. The summed E-state index contributed by atoms with van der Waals surface area (Å²) in [5.74, 6) is -0.172. The first-order valence-electron chi connectivity index (χ1n) is 11.4. The van der Waals surface area contributed by atoms with E-state index >= 15 is 0 Å². The Kier molecular flexibility index (Phi) is 7.52. The lowest BCUT2D eigenvalue weighted by Crippen LogP contribution is -2.39. The number of hydrogen-bond donors (Lipinski definition) is 0. The Labute approximate surface area is 194 Å². The van der Waals surface area contributed by atoms with Gasteiger partial charge < -0.3 is 9.64 Å². The van der Waals surface area contributed by atoms with Gasteiger partial charge in [-0.3, -0.25) is 14.4 Å². The van der Waals surface area contributed by atoms with E-state index in [0.717, 1.165) is 23.2 Å². The zero-order valence-electron chi connectivity index (χ0n) is 19.3. The number of halogens is 1. The molecule has 1 aromatic heterocycles. The number of rotatable bonds is 8. The van der Waals surface area contributed by atoms with Crippen molar-refractivity contribution in [1.82, 2.24) is 19.6 Å². The Balaban J connectivity index is 1.47. The number of carbonyl (C=O) groups is 1. The van der Waals surface area contributed by atoms with Crippen LogP contribution in [0.25, 0.3) is 0 Å². The van der Waals surface area contributed by atoms with Gasteiger partial charge in [0.1, 0.15) is 5.82 Å². The summed E-state index contributed by atoms with van der Waals surface area (Å²) in [6.45, 7) is 5.05. The summed E-state index contributed by atoms with van der Waals surface area (Å²) in [5.41, 5.74) is 4.06. The highest BCUT2D eigenvalue weighted by Crippen LogP contribution is 2.16. The molecule has 174 valence electrons. The van der Waals surface area contributed by atoms with Gasteiger partial charge in [-0.2, -0.15) is 5.10 Å². The van der Waals surface area contributed by atoms with E-state index in [1.54, 1.807) is 10.7 Å². The van der Waals surface area contributed by atoms with Crippen molar-refractivity contribution in [1.29, 1.82) is 0 Å². The van der Waals surface area contributed by atoms with Crippen LogP contribution in [0.1, 0.15) is 22.4 Å². The normalized spacial score (nSPS) is 17.4. The van der Waals surface area contributed by atoms with Crippen molar-refractivity contribution in [2.75, 3.05) is 26.2 Å². The van der Waals surface area contributed by atoms with Crippen LogP contribution in [0, 0.1) is 12.7 Å². The second-order valence-electron chi connectivity index (χ2n) is 8.72. The third-order valence-corrected chi connectivity index (χ3v) is 5.99. The molecule has 7 heteroatoms. The maximum absolute atomic E-state index is 13.6. The number of aromatic nitrogens is 2. The van der Waals surface area contributed by atoms with Gasteiger partial charge in [0.05, 0.1) is 24.9 Å². The van der Waals surface area contributed by atoms with E-state index in [-0.39, 0.29) is 17.8 Å². The fourth-order valence-corrected chi connectivity index (χ4v) is 4.29. The number of amides is 1. The monoisotopic (exact) mass is 450 g/mol. The molecule has 2 heterocycles. The fraction of sp³-hybridized carbons (Fsp3) is 0.385. The Morgan fingerprint density at radius 3 is 2.61 bits per heavy atom. The SMILES string of the molecule is Cc1nn(C)cc1CN1CC(=O)N(CCc2ccccc2)CC(OCc2cccc(F)c2)C1. The summed E-state index contributed by atoms with van der Waals surface area (Å²) in [5, 5.41) is 4.43. The van der Waals surface area contributed by atoms with E-state index < -0.39 is 0 Å². The van der Waals surface area contributed by atoms with Gasteiger partial charge in [0.15, 0.2) is 0 Å². The molecule has 0 N–H and O–H groups in total. The number of carbonyl (C=O) groups excluding carboxylic acids is 1. The second kappa shape index (κ2) is 10.7. The van der Waals surface area contributed by atoms with Gasteiger partial charge in [0.25, 0.3) is 0 Å². The summed E-state index contributed by atoms with van der Waals surface area (Å²) in [6.07, 6.45) is 2.62. The van der Waals surface area contributed by atoms with Crippen LogP contribution in [0.4, 0.5) is 4.39 Å². The van der Waals surface area contributed by atoms with Crippen LogP contribution in [0.15, 0.2) is 60.8 Å². The summed E-state index contributed by atoms with van der Waals surface area (Å²) >= 11 is 0. The van der Waals surface area contributed by atoms with Gasteiger partial charge in [-0.15, -0.1) is 0 Å². The van der Waals surface area contributed by atoms with Gasteiger partial charge in [-0.1, -0.05) is 42.5 Å². The molecule has 4 rings (SSSR count). The molecule has 2 aromatic carbocycles. The van der Waals surface area contributed by atoms with Gasteiger partial charge >= 0.3 is 0 Å². The first-order chi connectivity index (χ1) is 16.0. The molecule has 1 fully saturated rings. The lowest BCUT2D eigenvalue weighted by molar-refractivity contribution is -0.131. The molecule has 1 saturated heterocycles. The number of nitrogens with zero attached hydrogens (tertiary/aromatic N) is 4. The molecule has 0 saturated carbocycles. The predicted molar refractivity (Wildman–Crippen MR) is 125 cm³/mol. The van der Waals surface area contributed by atoms with Crippen molar-refractivity contribution in [3.05, 3.63) is 89.0 Å². The Hall–Kier alpha value is -3.03. The zero-order valence-corrected chi connectivity index (χ0v) is 19.3. The van der Waals surface area contributed by atoms with E-state index in [9.17, 15) is 9.18 Å². The van der Waals surface area contributed by atoms with Gasteiger partial charge in [0.2, 0.25) is 5.91 Å². The molecule has 1 aliphatic heterocycles. The van der Waals surface area contributed by atoms with Crippen molar-refractivity contribution >= 4 is 5.91 Å². The lowest BCUT2D eigenvalue weighted by atomic mass is 10.1. The summed E-state index contributed by atoms with van der Waals surface area (Å²) in [4.78, 5) is 17.2. The minimum atomic E-state index is -0.273. The van der Waals surface area contributed by atoms with Gasteiger partial charge in [-0.05, 0) is 36.6 Å². The minimum absolute atomic E-state index is 0.101. The predicted octanol–water partition coefficient (Wildman–Crippen LogP) is 3.34. The van der Waals surface area contributed by atoms with Gasteiger partial charge in [0, 0.05) is 45.0 Å². The third-order valence-electron chi connectivity index (χ3n) is 5.99. The number of benzene rings is 2. The molecule has 0 aliphatic carbocycles. The molecule has 6 nitrogen and oxygen atoms in total. The van der Waals surface area contributed by atoms with E-state index in [4.69, 9.17) is 4.74 Å². The molecule has 0 spiro atoms. The Bertz CT molecular complexity index is 1070. The standard InChI is InChI=1S/C26H31FN4O2/c1-20-23(14-29(2)28-20)15-30-16-25(33-19-22-9-6-10-24(27)13-22)17-31(26(32)18-30)12-11-21-7-4-3-5-8-21/h3-10,13-14,25H,11-12,15-19H2,1-2H3. The van der Waals surface area contributed by atoms with Crippen LogP contribution in [0.3, 0.4) is 0 Å². The van der Waals surface area contributed by atoms with Crippen molar-refractivity contribution in [2.45, 2.75) is 32.6 Å². The Morgan fingerprint density at radius 1 is 1.09 bits per heavy atom. The third kappa shape index (κ3) is 6.49. The van der Waals surface area contributed by atoms with Gasteiger partial charge in [-0.25, -0.2) is 4.39 Å². The quantitative estimate of drug-likeness (QED) is 0.528. The molecule has 1 aliphatic rings. The highest BCUT2D eigenvalue weighted by molar-refractivity contribution is 5.78. The summed E-state index contributed by atoms with van der Waals surface area (Å²) in [6, 6.07) is 16.7. The molecule has 33 heavy (non-hydrogen) atoms. The van der Waals surface area contributed by atoms with Crippen molar-refractivity contribution < 1.29 is 13.9 Å². The van der Waals surface area contributed by atoms with Crippen LogP contribution >= 0.6 is 0 Å². The summed E-state index contributed by atoms with van der Waals surface area (Å²) in [7, 11) is 1.90. The molecule has 3 aromatic rings. The van der Waals surface area contributed by atoms with E-state index in [1.165, 1.54) is 17.7 Å². The van der Waals surface area contributed by atoms with Crippen LogP contribution in [-0.2, 0) is 36.2 Å². The van der Waals surface area contributed by atoms with Crippen LogP contribution in [0.5, 0.6) is 0 Å². The molecule has 0 bridgehead atoms. The highest BCUT2D eigenvalue weighted by atomic mass is 19.1. The average molecular weight is 451 g/mol. The van der Waals surface area contributed by atoms with E-state index in [1.807, 2.05) is 49.3 Å². The first kappa shape index (κ1) is 23.1. The fourth-order valence-electron chi connectivity index (χ4n) is 4.29. The van der Waals surface area contributed by atoms with Crippen molar-refractivity contribution in [3.63, 3.8) is 0 Å². The molecular weight excluding hydrogens is 419 g/mol. The summed E-state index contributed by atoms with van der Waals surface area (Å²) < 4.78 is 21.6. The first-order valence-corrected chi connectivity index (χ1v) is 11.4. The minimum Gasteiger partial charge on any atom is -0.370 e. The molecular formula is C26H31FN4O2. The smallest absolute Gasteiger partial charge is 0.236 e. The van der Waals surface area contributed by atoms with Crippen LogP contribution < -0.4 is 0 Å². The van der Waals surface area contributed by atoms with Crippen molar-refractivity contribution in [2.24, 2.45) is 7.05 Å². The molecule has 1 atom stereocenters. The maximum Gasteiger partial charge on any atom is 0.236 e. The Morgan fingerprint density at radius 2 is 1.88 bits per heavy atom. The van der Waals surface area contributed by atoms with E-state index in [2.05, 4.69) is 22.1 Å². The topological polar surface area (TPSA) is 50.6 Å². The number of aryl methyl sites for hydroxylation is 2. The maximum atomic E-state index is 13.6. The molecule has 1 amide bonds. The largest absolute Gasteiger partial charge is 0.370 e.